The van der Waals surface area contributed by atoms with Crippen LogP contribution in [-0.2, 0) is 6.42 Å². The number of rotatable bonds is 3. The van der Waals surface area contributed by atoms with Crippen molar-refractivity contribution >= 4 is 0 Å². The molecule has 0 saturated carbocycles. The first kappa shape index (κ1) is 13.7. The fraction of sp³-hybridized carbons (Fsp3) is 0.294. The van der Waals surface area contributed by atoms with E-state index in [0.29, 0.717) is 11.5 Å². The molecule has 0 aliphatic heterocycles. The minimum Gasteiger partial charge on any atom is -0.207 e. The van der Waals surface area contributed by atoms with E-state index in [-0.39, 0.29) is 0 Å². The Bertz CT molecular complexity index is 586. The van der Waals surface area contributed by atoms with Crippen LogP contribution < -0.4 is 0 Å². The smallest absolute Gasteiger partial charge is 0.133 e. The fourth-order valence-electron chi connectivity index (χ4n) is 2.33. The lowest BCUT2D eigenvalue weighted by Crippen LogP contribution is -1.96. The van der Waals surface area contributed by atoms with Crippen LogP contribution in [0, 0.1) is 24.5 Å². The predicted octanol–water partition coefficient (Wildman–Crippen LogP) is 5.14. The molecule has 0 radical (unpaired) electrons. The Hall–Kier alpha value is -1.70. The van der Waals surface area contributed by atoms with Crippen LogP contribution in [0.2, 0.25) is 0 Å². The van der Waals surface area contributed by atoms with Crippen molar-refractivity contribution in [3.63, 3.8) is 0 Å². The van der Waals surface area contributed by atoms with E-state index in [2.05, 4.69) is 19.9 Å². The highest BCUT2D eigenvalue weighted by Crippen LogP contribution is 2.26. The average molecular weight is 260 g/mol. The third-order valence-corrected chi connectivity index (χ3v) is 3.02. The first-order chi connectivity index (χ1) is 8.95. The molecule has 0 N–H and O–H groups in total. The first-order valence-corrected chi connectivity index (χ1v) is 6.51. The largest absolute Gasteiger partial charge is 0.207 e. The molecule has 0 nitrogen and oxygen atoms in total. The summed E-state index contributed by atoms with van der Waals surface area (Å²) in [4.78, 5) is 0. The van der Waals surface area contributed by atoms with Gasteiger partial charge >= 0.3 is 0 Å². The Morgan fingerprint density at radius 1 is 1.00 bits per heavy atom. The van der Waals surface area contributed by atoms with Gasteiger partial charge < -0.3 is 0 Å². The van der Waals surface area contributed by atoms with Gasteiger partial charge in [0.1, 0.15) is 11.6 Å². The lowest BCUT2D eigenvalue weighted by molar-refractivity contribution is 0.585. The van der Waals surface area contributed by atoms with Crippen LogP contribution in [-0.4, -0.2) is 0 Å². The van der Waals surface area contributed by atoms with Gasteiger partial charge in [0, 0.05) is 11.6 Å². The standard InChI is InChI=1S/C17H18F2/c1-11(2)6-13-7-12(3)8-14(9-13)16-5-4-15(18)10-17(16)19/h4-5,7-11H,6H2,1-3H3. The maximum absolute atomic E-state index is 13.8. The van der Waals surface area contributed by atoms with Crippen LogP contribution in [0.5, 0.6) is 0 Å². The molecule has 100 valence electrons. The molecule has 0 aromatic heterocycles. The van der Waals surface area contributed by atoms with E-state index in [1.807, 2.05) is 19.1 Å². The number of hydrogen-bond acceptors (Lipinski definition) is 0. The van der Waals surface area contributed by atoms with E-state index in [1.165, 1.54) is 17.7 Å². The van der Waals surface area contributed by atoms with E-state index in [9.17, 15) is 8.78 Å². The molecule has 19 heavy (non-hydrogen) atoms. The van der Waals surface area contributed by atoms with Gasteiger partial charge in [-0.1, -0.05) is 37.6 Å². The molecule has 2 heteroatoms. The van der Waals surface area contributed by atoms with Crippen molar-refractivity contribution in [2.45, 2.75) is 27.2 Å². The van der Waals surface area contributed by atoms with Gasteiger partial charge in [0.2, 0.25) is 0 Å². The summed E-state index contributed by atoms with van der Waals surface area (Å²) in [5.41, 5.74) is 3.55. The van der Waals surface area contributed by atoms with Crippen molar-refractivity contribution in [3.8, 4) is 11.1 Å². The molecule has 2 aromatic rings. The van der Waals surface area contributed by atoms with Crippen LogP contribution in [0.25, 0.3) is 11.1 Å². The van der Waals surface area contributed by atoms with Gasteiger partial charge in [0.05, 0.1) is 0 Å². The van der Waals surface area contributed by atoms with Gasteiger partial charge in [-0.2, -0.15) is 0 Å². The lowest BCUT2D eigenvalue weighted by Gasteiger charge is -2.10. The normalized spacial score (nSPS) is 11.1. The predicted molar refractivity (Wildman–Crippen MR) is 75.1 cm³/mol. The van der Waals surface area contributed by atoms with Crippen LogP contribution in [0.4, 0.5) is 8.78 Å². The second-order valence-electron chi connectivity index (χ2n) is 5.43. The maximum atomic E-state index is 13.8. The number of hydrogen-bond donors (Lipinski definition) is 0. The number of benzene rings is 2. The van der Waals surface area contributed by atoms with E-state index in [0.717, 1.165) is 23.6 Å². The zero-order valence-corrected chi connectivity index (χ0v) is 11.5. The minimum atomic E-state index is -0.545. The molecular weight excluding hydrogens is 242 g/mol. The Morgan fingerprint density at radius 3 is 2.37 bits per heavy atom. The van der Waals surface area contributed by atoms with Gasteiger partial charge in [-0.15, -0.1) is 0 Å². The van der Waals surface area contributed by atoms with E-state index in [1.54, 1.807) is 0 Å². The Labute approximate surface area is 113 Å². The zero-order chi connectivity index (χ0) is 14.0. The molecule has 0 aliphatic carbocycles. The van der Waals surface area contributed by atoms with Gasteiger partial charge in [-0.05, 0) is 42.5 Å². The summed E-state index contributed by atoms with van der Waals surface area (Å²) in [7, 11) is 0. The maximum Gasteiger partial charge on any atom is 0.133 e. The summed E-state index contributed by atoms with van der Waals surface area (Å²) in [6, 6.07) is 9.76. The Balaban J connectivity index is 2.46. The highest BCUT2D eigenvalue weighted by molar-refractivity contribution is 5.65. The molecule has 0 spiro atoms. The van der Waals surface area contributed by atoms with Gasteiger partial charge in [-0.25, -0.2) is 8.78 Å². The Kier molecular flexibility index (Phi) is 3.98. The summed E-state index contributed by atoms with van der Waals surface area (Å²) >= 11 is 0. The molecule has 2 rings (SSSR count). The number of halogens is 2. The van der Waals surface area contributed by atoms with Gasteiger partial charge in [-0.3, -0.25) is 0 Å². The monoisotopic (exact) mass is 260 g/mol. The van der Waals surface area contributed by atoms with E-state index >= 15 is 0 Å². The van der Waals surface area contributed by atoms with E-state index in [4.69, 9.17) is 0 Å². The van der Waals surface area contributed by atoms with Gasteiger partial charge in [0.15, 0.2) is 0 Å². The summed E-state index contributed by atoms with van der Waals surface area (Å²) in [5.74, 6) is -0.509. The summed E-state index contributed by atoms with van der Waals surface area (Å²) in [6.07, 6.45) is 0.956. The van der Waals surface area contributed by atoms with Crippen molar-refractivity contribution in [1.29, 1.82) is 0 Å². The first-order valence-electron chi connectivity index (χ1n) is 6.51. The lowest BCUT2D eigenvalue weighted by atomic mass is 9.95. The van der Waals surface area contributed by atoms with Crippen LogP contribution >= 0.6 is 0 Å². The second kappa shape index (κ2) is 5.52. The molecule has 0 atom stereocenters. The fourth-order valence-corrected chi connectivity index (χ4v) is 2.33. The molecular formula is C17H18F2. The third-order valence-electron chi connectivity index (χ3n) is 3.02. The van der Waals surface area contributed by atoms with Crippen molar-refractivity contribution < 1.29 is 8.78 Å². The van der Waals surface area contributed by atoms with Gasteiger partial charge in [0.25, 0.3) is 0 Å². The zero-order valence-electron chi connectivity index (χ0n) is 11.5. The molecule has 0 amide bonds. The van der Waals surface area contributed by atoms with Crippen LogP contribution in [0.3, 0.4) is 0 Å². The summed E-state index contributed by atoms with van der Waals surface area (Å²) in [6.45, 7) is 6.30. The molecule has 0 fully saturated rings. The highest BCUT2D eigenvalue weighted by atomic mass is 19.1. The molecule has 0 unspecified atom stereocenters. The molecule has 0 heterocycles. The quantitative estimate of drug-likeness (QED) is 0.717. The molecule has 0 bridgehead atoms. The summed E-state index contributed by atoms with van der Waals surface area (Å²) in [5, 5.41) is 0. The topological polar surface area (TPSA) is 0 Å². The minimum absolute atomic E-state index is 0.454. The third kappa shape index (κ3) is 3.40. The second-order valence-corrected chi connectivity index (χ2v) is 5.43. The SMILES string of the molecule is Cc1cc(CC(C)C)cc(-c2ccc(F)cc2F)c1. The van der Waals surface area contributed by atoms with Crippen molar-refractivity contribution in [1.82, 2.24) is 0 Å². The van der Waals surface area contributed by atoms with Crippen molar-refractivity contribution in [3.05, 3.63) is 59.2 Å². The molecule has 0 saturated heterocycles. The number of aryl methyl sites for hydroxylation is 1. The van der Waals surface area contributed by atoms with Crippen LogP contribution in [0.15, 0.2) is 36.4 Å². The molecule has 2 aromatic carbocycles. The molecule has 0 aliphatic rings. The highest BCUT2D eigenvalue weighted by Gasteiger charge is 2.08. The Morgan fingerprint density at radius 2 is 1.74 bits per heavy atom. The van der Waals surface area contributed by atoms with Crippen LogP contribution in [0.1, 0.15) is 25.0 Å². The van der Waals surface area contributed by atoms with Crippen molar-refractivity contribution in [2.75, 3.05) is 0 Å². The average Bonchev–Trinajstić information content (AvgIpc) is 2.26. The summed E-state index contributed by atoms with van der Waals surface area (Å²) < 4.78 is 26.8. The van der Waals surface area contributed by atoms with E-state index < -0.39 is 11.6 Å². The van der Waals surface area contributed by atoms with Crippen molar-refractivity contribution in [2.24, 2.45) is 5.92 Å².